The standard InChI is InChI=1S/C13H17Cl2NO4S/c1-3-4-7-20-13(17)9(2)16-21(18,19)10-5-6-11(14)12(15)8-10/h5-6,8-9,16H,3-4,7H2,1-2H3/t9-/m0/s1. The van der Waals surface area contributed by atoms with Gasteiger partial charge in [-0.25, -0.2) is 8.42 Å². The van der Waals surface area contributed by atoms with Gasteiger partial charge in [-0.3, -0.25) is 4.79 Å². The number of hydrogen-bond donors (Lipinski definition) is 1. The van der Waals surface area contributed by atoms with E-state index in [1.54, 1.807) is 0 Å². The lowest BCUT2D eigenvalue weighted by molar-refractivity contribution is -0.145. The Hall–Kier alpha value is -0.820. The van der Waals surface area contributed by atoms with Gasteiger partial charge in [0.15, 0.2) is 0 Å². The minimum atomic E-state index is -3.87. The fourth-order valence-corrected chi connectivity index (χ4v) is 3.02. The van der Waals surface area contributed by atoms with Crippen molar-refractivity contribution in [2.24, 2.45) is 0 Å². The molecule has 0 heterocycles. The molecule has 5 nitrogen and oxygen atoms in total. The molecule has 1 aromatic carbocycles. The Morgan fingerprint density at radius 3 is 2.57 bits per heavy atom. The number of carbonyl (C=O) groups excluding carboxylic acids is 1. The largest absolute Gasteiger partial charge is 0.465 e. The summed E-state index contributed by atoms with van der Waals surface area (Å²) in [4.78, 5) is 11.6. The molecule has 1 aromatic rings. The van der Waals surface area contributed by atoms with Crippen LogP contribution in [0.4, 0.5) is 0 Å². The van der Waals surface area contributed by atoms with E-state index in [0.29, 0.717) is 0 Å². The van der Waals surface area contributed by atoms with E-state index < -0.39 is 22.0 Å². The van der Waals surface area contributed by atoms with Gasteiger partial charge in [0.2, 0.25) is 10.0 Å². The molecule has 21 heavy (non-hydrogen) atoms. The van der Waals surface area contributed by atoms with E-state index in [1.165, 1.54) is 25.1 Å². The summed E-state index contributed by atoms with van der Waals surface area (Å²) in [7, 11) is -3.87. The number of benzene rings is 1. The van der Waals surface area contributed by atoms with Gasteiger partial charge in [0.1, 0.15) is 6.04 Å². The number of rotatable bonds is 7. The summed E-state index contributed by atoms with van der Waals surface area (Å²) in [5.74, 6) is -0.618. The Morgan fingerprint density at radius 1 is 1.33 bits per heavy atom. The van der Waals surface area contributed by atoms with Gasteiger partial charge in [0.05, 0.1) is 21.5 Å². The van der Waals surface area contributed by atoms with Crippen LogP contribution in [0.3, 0.4) is 0 Å². The highest BCUT2D eigenvalue weighted by Crippen LogP contribution is 2.24. The quantitative estimate of drug-likeness (QED) is 0.604. The molecular weight excluding hydrogens is 337 g/mol. The molecule has 8 heteroatoms. The van der Waals surface area contributed by atoms with Crippen molar-refractivity contribution in [3.8, 4) is 0 Å². The molecule has 0 aliphatic carbocycles. The SMILES string of the molecule is CCCCOC(=O)[C@H](C)NS(=O)(=O)c1ccc(Cl)c(Cl)c1. The summed E-state index contributed by atoms with van der Waals surface area (Å²) in [6, 6.07) is 2.93. The second kappa shape index (κ2) is 7.98. The number of ether oxygens (including phenoxy) is 1. The van der Waals surface area contributed by atoms with Gasteiger partial charge in [0, 0.05) is 0 Å². The van der Waals surface area contributed by atoms with Crippen LogP contribution in [0, 0.1) is 0 Å². The van der Waals surface area contributed by atoms with Crippen LogP contribution in [0.25, 0.3) is 0 Å². The Balaban J connectivity index is 2.75. The molecule has 0 saturated carbocycles. The van der Waals surface area contributed by atoms with Gasteiger partial charge in [-0.1, -0.05) is 36.5 Å². The maximum Gasteiger partial charge on any atom is 0.323 e. The fourth-order valence-electron chi connectivity index (χ4n) is 1.43. The number of carbonyl (C=O) groups is 1. The smallest absolute Gasteiger partial charge is 0.323 e. The summed E-state index contributed by atoms with van der Waals surface area (Å²) in [5, 5.41) is 0.375. The molecule has 118 valence electrons. The summed E-state index contributed by atoms with van der Waals surface area (Å²) in [6.07, 6.45) is 1.62. The highest BCUT2D eigenvalue weighted by molar-refractivity contribution is 7.89. The Kier molecular flexibility index (Phi) is 6.93. The third kappa shape index (κ3) is 5.47. The zero-order valence-electron chi connectivity index (χ0n) is 11.7. The van der Waals surface area contributed by atoms with Crippen LogP contribution in [0.15, 0.2) is 23.1 Å². The van der Waals surface area contributed by atoms with Crippen molar-refractivity contribution in [1.29, 1.82) is 0 Å². The molecule has 0 spiro atoms. The lowest BCUT2D eigenvalue weighted by atomic mass is 10.3. The molecular formula is C13H17Cl2NO4S. The third-order valence-corrected chi connectivity index (χ3v) is 4.91. The van der Waals surface area contributed by atoms with Crippen LogP contribution < -0.4 is 4.72 Å². The molecule has 0 aliphatic rings. The van der Waals surface area contributed by atoms with Crippen LogP contribution in [-0.2, 0) is 19.6 Å². The second-order valence-electron chi connectivity index (χ2n) is 4.44. The third-order valence-electron chi connectivity index (χ3n) is 2.63. The number of sulfonamides is 1. The van der Waals surface area contributed by atoms with Crippen molar-refractivity contribution in [2.45, 2.75) is 37.6 Å². The maximum absolute atomic E-state index is 12.1. The predicted molar refractivity (Wildman–Crippen MR) is 82.1 cm³/mol. The van der Waals surface area contributed by atoms with Gasteiger partial charge in [-0.2, -0.15) is 4.72 Å². The molecule has 0 saturated heterocycles. The topological polar surface area (TPSA) is 72.5 Å². The lowest BCUT2D eigenvalue weighted by Gasteiger charge is -2.14. The van der Waals surface area contributed by atoms with Gasteiger partial charge >= 0.3 is 5.97 Å². The summed E-state index contributed by atoms with van der Waals surface area (Å²) < 4.78 is 31.4. The van der Waals surface area contributed by atoms with E-state index in [-0.39, 0.29) is 21.5 Å². The first kappa shape index (κ1) is 18.2. The highest BCUT2D eigenvalue weighted by atomic mass is 35.5. The van der Waals surface area contributed by atoms with Crippen LogP contribution >= 0.6 is 23.2 Å². The molecule has 0 amide bonds. The van der Waals surface area contributed by atoms with E-state index >= 15 is 0 Å². The fraction of sp³-hybridized carbons (Fsp3) is 0.462. The average Bonchev–Trinajstić information content (AvgIpc) is 2.41. The van der Waals surface area contributed by atoms with E-state index in [2.05, 4.69) is 4.72 Å². The van der Waals surface area contributed by atoms with Crippen LogP contribution in [0.2, 0.25) is 10.0 Å². The minimum absolute atomic E-state index is 0.0647. The molecule has 1 N–H and O–H groups in total. The molecule has 0 radical (unpaired) electrons. The predicted octanol–water partition coefficient (Wildman–Crippen LogP) is 3.00. The molecule has 1 rings (SSSR count). The Morgan fingerprint density at radius 2 is 2.00 bits per heavy atom. The van der Waals surface area contributed by atoms with Gasteiger partial charge < -0.3 is 4.74 Å². The van der Waals surface area contributed by atoms with Crippen molar-refractivity contribution >= 4 is 39.2 Å². The molecule has 0 aliphatic heterocycles. The van der Waals surface area contributed by atoms with Gasteiger partial charge in [0.25, 0.3) is 0 Å². The monoisotopic (exact) mass is 353 g/mol. The first-order valence-corrected chi connectivity index (χ1v) is 8.66. The lowest BCUT2D eigenvalue weighted by Crippen LogP contribution is -2.39. The van der Waals surface area contributed by atoms with E-state index in [0.717, 1.165) is 12.8 Å². The van der Waals surface area contributed by atoms with Crippen LogP contribution in [-0.4, -0.2) is 27.0 Å². The van der Waals surface area contributed by atoms with Crippen molar-refractivity contribution in [1.82, 2.24) is 4.72 Å². The highest BCUT2D eigenvalue weighted by Gasteiger charge is 2.23. The minimum Gasteiger partial charge on any atom is -0.465 e. The Labute approximate surface area is 134 Å². The molecule has 0 aromatic heterocycles. The number of halogens is 2. The summed E-state index contributed by atoms with van der Waals surface area (Å²) >= 11 is 11.5. The summed E-state index contributed by atoms with van der Waals surface area (Å²) in [5.41, 5.74) is 0. The molecule has 0 fully saturated rings. The van der Waals surface area contributed by atoms with Crippen molar-refractivity contribution in [3.63, 3.8) is 0 Å². The van der Waals surface area contributed by atoms with Gasteiger partial charge in [-0.05, 0) is 31.5 Å². The van der Waals surface area contributed by atoms with Crippen molar-refractivity contribution < 1.29 is 17.9 Å². The zero-order valence-corrected chi connectivity index (χ0v) is 14.1. The van der Waals surface area contributed by atoms with Gasteiger partial charge in [-0.15, -0.1) is 0 Å². The van der Waals surface area contributed by atoms with E-state index in [4.69, 9.17) is 27.9 Å². The van der Waals surface area contributed by atoms with Crippen LogP contribution in [0.1, 0.15) is 26.7 Å². The van der Waals surface area contributed by atoms with E-state index in [9.17, 15) is 13.2 Å². The molecule has 0 bridgehead atoms. The summed E-state index contributed by atoms with van der Waals surface area (Å²) in [6.45, 7) is 3.65. The van der Waals surface area contributed by atoms with E-state index in [1.807, 2.05) is 6.92 Å². The second-order valence-corrected chi connectivity index (χ2v) is 6.97. The van der Waals surface area contributed by atoms with Crippen molar-refractivity contribution in [3.05, 3.63) is 28.2 Å². The van der Waals surface area contributed by atoms with Crippen LogP contribution in [0.5, 0.6) is 0 Å². The molecule has 0 unspecified atom stereocenters. The first-order valence-electron chi connectivity index (χ1n) is 6.42. The average molecular weight is 354 g/mol. The zero-order chi connectivity index (χ0) is 16.0. The van der Waals surface area contributed by atoms with Crippen molar-refractivity contribution in [2.75, 3.05) is 6.61 Å². The maximum atomic E-state index is 12.1. The number of nitrogens with one attached hydrogen (secondary N) is 1. The normalized spacial score (nSPS) is 13.0. The number of unbranched alkanes of at least 4 members (excludes halogenated alkanes) is 1. The Bertz CT molecular complexity index is 604. The first-order chi connectivity index (χ1) is 9.77. The number of hydrogen-bond acceptors (Lipinski definition) is 4. The molecule has 1 atom stereocenters. The number of esters is 1.